The van der Waals surface area contributed by atoms with Gasteiger partial charge >= 0.3 is 0 Å². The molecule has 0 saturated carbocycles. The molecule has 2 nitrogen and oxygen atoms in total. The van der Waals surface area contributed by atoms with Gasteiger partial charge < -0.3 is 4.90 Å². The van der Waals surface area contributed by atoms with Crippen molar-refractivity contribution in [2.45, 2.75) is 13.5 Å². The standard InChI is InChI=1S/C18H17NOS/c1-13-8-9-17-15(10-13)18(20)16(12-21-17)19(2)11-14-6-4-3-5-7-14/h3-10,12H,11H2,1-2H3. The highest BCUT2D eigenvalue weighted by Crippen LogP contribution is 2.22. The molecule has 2 aromatic carbocycles. The minimum Gasteiger partial charge on any atom is -0.366 e. The molecular formula is C18H17NOS. The minimum atomic E-state index is 0.117. The van der Waals surface area contributed by atoms with Gasteiger partial charge in [-0.2, -0.15) is 0 Å². The van der Waals surface area contributed by atoms with E-state index in [1.807, 2.05) is 60.6 Å². The summed E-state index contributed by atoms with van der Waals surface area (Å²) in [5.74, 6) is 0. The zero-order chi connectivity index (χ0) is 14.8. The fraction of sp³-hybridized carbons (Fsp3) is 0.167. The molecule has 3 heteroatoms. The van der Waals surface area contributed by atoms with E-state index in [1.165, 1.54) is 5.56 Å². The maximum Gasteiger partial charge on any atom is 0.211 e. The lowest BCUT2D eigenvalue weighted by Gasteiger charge is -2.18. The molecule has 0 aliphatic carbocycles. The largest absolute Gasteiger partial charge is 0.366 e. The van der Waals surface area contributed by atoms with Crippen molar-refractivity contribution < 1.29 is 0 Å². The van der Waals surface area contributed by atoms with E-state index in [4.69, 9.17) is 0 Å². The number of nitrogens with zero attached hydrogens (tertiary/aromatic N) is 1. The van der Waals surface area contributed by atoms with E-state index in [0.717, 1.165) is 27.9 Å². The van der Waals surface area contributed by atoms with Gasteiger partial charge in [-0.1, -0.05) is 42.0 Å². The van der Waals surface area contributed by atoms with Crippen LogP contribution in [0.25, 0.3) is 10.1 Å². The molecule has 0 aliphatic rings. The quantitative estimate of drug-likeness (QED) is 0.721. The summed E-state index contributed by atoms with van der Waals surface area (Å²) >= 11 is 1.62. The molecule has 1 aromatic heterocycles. The molecule has 0 aliphatic heterocycles. The van der Waals surface area contributed by atoms with Gasteiger partial charge in [0.2, 0.25) is 5.43 Å². The maximum atomic E-state index is 12.7. The first kappa shape index (κ1) is 13.8. The van der Waals surface area contributed by atoms with Gasteiger partial charge in [0, 0.05) is 29.1 Å². The number of hydrogen-bond acceptors (Lipinski definition) is 3. The van der Waals surface area contributed by atoms with E-state index in [2.05, 4.69) is 12.1 Å². The van der Waals surface area contributed by atoms with Crippen molar-refractivity contribution in [1.29, 1.82) is 0 Å². The van der Waals surface area contributed by atoms with E-state index >= 15 is 0 Å². The summed E-state index contributed by atoms with van der Waals surface area (Å²) in [4.78, 5) is 14.7. The van der Waals surface area contributed by atoms with Crippen molar-refractivity contribution in [3.05, 3.63) is 75.3 Å². The summed E-state index contributed by atoms with van der Waals surface area (Å²) in [6.07, 6.45) is 0. The molecule has 0 atom stereocenters. The van der Waals surface area contributed by atoms with E-state index in [-0.39, 0.29) is 5.43 Å². The predicted octanol–water partition coefficient (Wildman–Crippen LogP) is 4.21. The van der Waals surface area contributed by atoms with Crippen LogP contribution < -0.4 is 10.3 Å². The van der Waals surface area contributed by atoms with E-state index in [0.29, 0.717) is 0 Å². The number of anilines is 1. The average molecular weight is 295 g/mol. The van der Waals surface area contributed by atoms with Gasteiger partial charge in [-0.15, -0.1) is 11.3 Å². The highest BCUT2D eigenvalue weighted by molar-refractivity contribution is 7.16. The van der Waals surface area contributed by atoms with Crippen molar-refractivity contribution in [3.8, 4) is 0 Å². The molecule has 0 bridgehead atoms. The molecule has 0 radical (unpaired) electrons. The highest BCUT2D eigenvalue weighted by atomic mass is 32.1. The lowest BCUT2D eigenvalue weighted by molar-refractivity contribution is 0.921. The Hall–Kier alpha value is -2.13. The Morgan fingerprint density at radius 3 is 2.62 bits per heavy atom. The van der Waals surface area contributed by atoms with E-state index in [1.54, 1.807) is 11.3 Å². The molecule has 0 fully saturated rings. The van der Waals surface area contributed by atoms with Crippen LogP contribution in [-0.2, 0) is 6.54 Å². The lowest BCUT2D eigenvalue weighted by atomic mass is 10.1. The molecule has 3 aromatic rings. The monoisotopic (exact) mass is 295 g/mol. The Kier molecular flexibility index (Phi) is 3.76. The second kappa shape index (κ2) is 5.70. The van der Waals surface area contributed by atoms with Crippen LogP contribution in [0.4, 0.5) is 5.69 Å². The van der Waals surface area contributed by atoms with Crippen LogP contribution in [0.3, 0.4) is 0 Å². The Labute approximate surface area is 128 Å². The van der Waals surface area contributed by atoms with Crippen molar-refractivity contribution in [3.63, 3.8) is 0 Å². The number of aryl methyl sites for hydroxylation is 1. The van der Waals surface area contributed by atoms with Crippen LogP contribution in [0, 0.1) is 6.92 Å². The zero-order valence-corrected chi connectivity index (χ0v) is 13.0. The maximum absolute atomic E-state index is 12.7. The molecular weight excluding hydrogens is 278 g/mol. The number of hydrogen-bond donors (Lipinski definition) is 0. The molecule has 1 heterocycles. The fourth-order valence-electron chi connectivity index (χ4n) is 2.44. The van der Waals surface area contributed by atoms with Gasteiger partial charge in [0.05, 0.1) is 5.69 Å². The molecule has 0 saturated heterocycles. The predicted molar refractivity (Wildman–Crippen MR) is 91.4 cm³/mol. The fourth-order valence-corrected chi connectivity index (χ4v) is 3.39. The average Bonchev–Trinajstić information content (AvgIpc) is 2.49. The molecule has 0 spiro atoms. The normalized spacial score (nSPS) is 10.8. The van der Waals surface area contributed by atoms with Crippen molar-refractivity contribution >= 4 is 27.1 Å². The van der Waals surface area contributed by atoms with Gasteiger partial charge in [-0.25, -0.2) is 0 Å². The summed E-state index contributed by atoms with van der Waals surface area (Å²) in [6, 6.07) is 16.3. The van der Waals surface area contributed by atoms with Gasteiger partial charge in [-0.3, -0.25) is 4.79 Å². The Morgan fingerprint density at radius 1 is 1.10 bits per heavy atom. The number of fused-ring (bicyclic) bond motifs is 1. The smallest absolute Gasteiger partial charge is 0.211 e. The number of benzene rings is 2. The summed E-state index contributed by atoms with van der Waals surface area (Å²) in [5, 5.41) is 2.78. The Morgan fingerprint density at radius 2 is 1.86 bits per heavy atom. The second-order valence-corrected chi connectivity index (χ2v) is 6.20. The molecule has 106 valence electrons. The van der Waals surface area contributed by atoms with Crippen molar-refractivity contribution in [1.82, 2.24) is 0 Å². The topological polar surface area (TPSA) is 20.3 Å². The second-order valence-electron chi connectivity index (χ2n) is 5.29. The zero-order valence-electron chi connectivity index (χ0n) is 12.2. The molecule has 0 amide bonds. The van der Waals surface area contributed by atoms with Crippen molar-refractivity contribution in [2.75, 3.05) is 11.9 Å². The van der Waals surface area contributed by atoms with Crippen LogP contribution in [-0.4, -0.2) is 7.05 Å². The van der Waals surface area contributed by atoms with Gasteiger partial charge in [0.15, 0.2) is 0 Å². The SMILES string of the molecule is Cc1ccc2scc(N(C)Cc3ccccc3)c(=O)c2c1. The summed E-state index contributed by atoms with van der Waals surface area (Å²) in [5.41, 5.74) is 3.20. The highest BCUT2D eigenvalue weighted by Gasteiger charge is 2.10. The third kappa shape index (κ3) is 2.83. The van der Waals surface area contributed by atoms with Crippen LogP contribution in [0.1, 0.15) is 11.1 Å². The summed E-state index contributed by atoms with van der Waals surface area (Å²) < 4.78 is 1.04. The minimum absolute atomic E-state index is 0.117. The van der Waals surface area contributed by atoms with Gasteiger partial charge in [-0.05, 0) is 24.6 Å². The number of rotatable bonds is 3. The van der Waals surface area contributed by atoms with Crippen LogP contribution >= 0.6 is 11.3 Å². The first-order valence-corrected chi connectivity index (χ1v) is 7.80. The summed E-state index contributed by atoms with van der Waals surface area (Å²) in [7, 11) is 1.97. The van der Waals surface area contributed by atoms with E-state index in [9.17, 15) is 4.79 Å². The van der Waals surface area contributed by atoms with Crippen LogP contribution in [0.2, 0.25) is 0 Å². The first-order chi connectivity index (χ1) is 10.1. The summed E-state index contributed by atoms with van der Waals surface area (Å²) in [6.45, 7) is 2.75. The third-order valence-electron chi connectivity index (χ3n) is 3.58. The van der Waals surface area contributed by atoms with Gasteiger partial charge in [0.1, 0.15) is 0 Å². The van der Waals surface area contributed by atoms with Crippen LogP contribution in [0.5, 0.6) is 0 Å². The van der Waals surface area contributed by atoms with Crippen LogP contribution in [0.15, 0.2) is 58.7 Å². The Balaban J connectivity index is 2.00. The van der Waals surface area contributed by atoms with E-state index < -0.39 is 0 Å². The van der Waals surface area contributed by atoms with Crippen molar-refractivity contribution in [2.24, 2.45) is 0 Å². The molecule has 3 rings (SSSR count). The van der Waals surface area contributed by atoms with Gasteiger partial charge in [0.25, 0.3) is 0 Å². The molecule has 0 unspecified atom stereocenters. The molecule has 0 N–H and O–H groups in total. The lowest BCUT2D eigenvalue weighted by Crippen LogP contribution is -2.22. The molecule has 21 heavy (non-hydrogen) atoms. The first-order valence-electron chi connectivity index (χ1n) is 6.92. The third-order valence-corrected chi connectivity index (χ3v) is 4.53. The Bertz CT molecular complexity index is 823.